The number of aliphatic hydroxyl groups excluding tert-OH is 3. The Kier molecular flexibility index (Phi) is 15.4. The van der Waals surface area contributed by atoms with Crippen molar-refractivity contribution in [1.29, 1.82) is 0 Å². The minimum absolute atomic E-state index is 0.0417. The first-order chi connectivity index (χ1) is 7.97. The summed E-state index contributed by atoms with van der Waals surface area (Å²) < 4.78 is 36.8. The average molecular weight is 276 g/mol. The molecule has 0 aliphatic carbocycles. The van der Waals surface area contributed by atoms with E-state index in [-0.39, 0.29) is 13.2 Å². The predicted molar refractivity (Wildman–Crippen MR) is 59.3 cm³/mol. The molecule has 8 nitrogen and oxygen atoms in total. The van der Waals surface area contributed by atoms with Crippen LogP contribution in [-0.2, 0) is 19.6 Å². The van der Waals surface area contributed by atoms with E-state index in [1.54, 1.807) is 0 Å². The van der Waals surface area contributed by atoms with Gasteiger partial charge in [-0.15, -0.1) is 0 Å². The van der Waals surface area contributed by atoms with Crippen molar-refractivity contribution < 1.29 is 37.8 Å². The van der Waals surface area contributed by atoms with Gasteiger partial charge in [-0.3, -0.25) is 4.55 Å². The summed E-state index contributed by atoms with van der Waals surface area (Å²) in [6.45, 7) is 1.20. The second-order valence-electron chi connectivity index (χ2n) is 2.68. The van der Waals surface area contributed by atoms with Gasteiger partial charge in [-0.05, 0) is 0 Å². The lowest BCUT2D eigenvalue weighted by molar-refractivity contribution is 0.0222. The Bertz CT molecular complexity index is 220. The van der Waals surface area contributed by atoms with Gasteiger partial charge in [0.1, 0.15) is 0 Å². The molecule has 0 atom stereocenters. The predicted octanol–water partition coefficient (Wildman–Crippen LogP) is -2.13. The SMILES string of the molecule is O=S(=O)(O)CCO.OCCOCCOCCO. The van der Waals surface area contributed by atoms with Crippen LogP contribution in [0.3, 0.4) is 0 Å². The van der Waals surface area contributed by atoms with Crippen molar-refractivity contribution in [1.82, 2.24) is 0 Å². The van der Waals surface area contributed by atoms with Gasteiger partial charge in [-0.2, -0.15) is 8.42 Å². The van der Waals surface area contributed by atoms with E-state index in [1.165, 1.54) is 0 Å². The van der Waals surface area contributed by atoms with Crippen LogP contribution in [0, 0.1) is 0 Å². The van der Waals surface area contributed by atoms with Crippen LogP contribution in [0.4, 0.5) is 0 Å². The highest BCUT2D eigenvalue weighted by Crippen LogP contribution is 1.77. The van der Waals surface area contributed by atoms with E-state index in [0.29, 0.717) is 26.4 Å². The molecular weight excluding hydrogens is 256 g/mol. The lowest BCUT2D eigenvalue weighted by Gasteiger charge is -2.01. The van der Waals surface area contributed by atoms with E-state index in [0.717, 1.165) is 0 Å². The standard InChI is InChI=1S/C6H14O4.C2H6O4S/c7-1-3-9-5-6-10-4-2-8;3-1-2-7(4,5)6/h7-8H,1-6H2;3H,1-2H2,(H,4,5,6). The molecule has 0 saturated carbocycles. The van der Waals surface area contributed by atoms with Crippen LogP contribution < -0.4 is 0 Å². The van der Waals surface area contributed by atoms with E-state index in [4.69, 9.17) is 29.3 Å². The summed E-state index contributed by atoms with van der Waals surface area (Å²) in [6, 6.07) is 0. The zero-order chi connectivity index (χ0) is 13.6. The van der Waals surface area contributed by atoms with Crippen molar-refractivity contribution in [2.75, 3.05) is 52.0 Å². The maximum atomic E-state index is 9.63. The number of ether oxygens (including phenoxy) is 2. The van der Waals surface area contributed by atoms with E-state index >= 15 is 0 Å². The van der Waals surface area contributed by atoms with Crippen LogP contribution >= 0.6 is 0 Å². The highest BCUT2D eigenvalue weighted by molar-refractivity contribution is 7.85. The lowest BCUT2D eigenvalue weighted by atomic mass is 10.7. The normalized spacial score (nSPS) is 10.8. The van der Waals surface area contributed by atoms with Crippen LogP contribution in [0.15, 0.2) is 0 Å². The Morgan fingerprint density at radius 1 is 0.765 bits per heavy atom. The van der Waals surface area contributed by atoms with Crippen LogP contribution in [0.5, 0.6) is 0 Å². The van der Waals surface area contributed by atoms with Gasteiger partial charge in [0.2, 0.25) is 0 Å². The van der Waals surface area contributed by atoms with Crippen molar-refractivity contribution in [3.8, 4) is 0 Å². The molecule has 0 saturated heterocycles. The summed E-state index contributed by atoms with van der Waals surface area (Å²) in [6.07, 6.45) is 0. The van der Waals surface area contributed by atoms with Crippen LogP contribution in [0.2, 0.25) is 0 Å². The van der Waals surface area contributed by atoms with E-state index in [9.17, 15) is 8.42 Å². The average Bonchev–Trinajstić information content (AvgIpc) is 2.22. The van der Waals surface area contributed by atoms with Crippen molar-refractivity contribution in [3.05, 3.63) is 0 Å². The van der Waals surface area contributed by atoms with Gasteiger partial charge in [0.05, 0.1) is 52.0 Å². The Morgan fingerprint density at radius 3 is 1.35 bits per heavy atom. The molecule has 17 heavy (non-hydrogen) atoms. The molecule has 0 amide bonds. The third kappa shape index (κ3) is 25.7. The van der Waals surface area contributed by atoms with Gasteiger partial charge in [-0.1, -0.05) is 0 Å². The fourth-order valence-electron chi connectivity index (χ4n) is 0.566. The third-order valence-corrected chi connectivity index (χ3v) is 1.89. The van der Waals surface area contributed by atoms with Crippen LogP contribution in [0.25, 0.3) is 0 Å². The Labute approximate surface area is 101 Å². The number of hydrogen-bond acceptors (Lipinski definition) is 7. The fourth-order valence-corrected chi connectivity index (χ4v) is 0.797. The van der Waals surface area contributed by atoms with Gasteiger partial charge in [0.25, 0.3) is 10.1 Å². The summed E-state index contributed by atoms with van der Waals surface area (Å²) in [5.41, 5.74) is 0. The molecule has 0 aliphatic rings. The second kappa shape index (κ2) is 13.8. The maximum Gasteiger partial charge on any atom is 0.267 e. The molecule has 0 aromatic rings. The first-order valence-electron chi connectivity index (χ1n) is 4.91. The molecule has 0 heterocycles. The summed E-state index contributed by atoms with van der Waals surface area (Å²) in [5.74, 6) is -0.576. The summed E-state index contributed by atoms with van der Waals surface area (Å²) in [4.78, 5) is 0. The first kappa shape index (κ1) is 19.1. The lowest BCUT2D eigenvalue weighted by Crippen LogP contribution is -2.09. The van der Waals surface area contributed by atoms with Gasteiger partial charge >= 0.3 is 0 Å². The van der Waals surface area contributed by atoms with Crippen LogP contribution in [-0.4, -0.2) is 80.3 Å². The van der Waals surface area contributed by atoms with E-state index in [1.807, 2.05) is 0 Å². The zero-order valence-corrected chi connectivity index (χ0v) is 10.3. The fraction of sp³-hybridized carbons (Fsp3) is 1.00. The molecule has 9 heteroatoms. The third-order valence-electron chi connectivity index (χ3n) is 1.19. The maximum absolute atomic E-state index is 9.63. The summed E-state index contributed by atoms with van der Waals surface area (Å²) in [5, 5.41) is 24.4. The molecule has 0 aliphatic heterocycles. The van der Waals surface area contributed by atoms with Gasteiger partial charge in [0.15, 0.2) is 0 Å². The molecule has 0 unspecified atom stereocenters. The van der Waals surface area contributed by atoms with Gasteiger partial charge < -0.3 is 24.8 Å². The van der Waals surface area contributed by atoms with E-state index in [2.05, 4.69) is 0 Å². The molecule has 0 spiro atoms. The molecule has 106 valence electrons. The number of hydrogen-bond donors (Lipinski definition) is 4. The quantitative estimate of drug-likeness (QED) is 0.277. The number of aliphatic hydroxyl groups is 3. The Hall–Kier alpha value is -0.290. The molecule has 0 aromatic heterocycles. The highest BCUT2D eigenvalue weighted by atomic mass is 32.2. The molecule has 4 N–H and O–H groups in total. The smallest absolute Gasteiger partial charge is 0.267 e. The second-order valence-corrected chi connectivity index (χ2v) is 4.25. The van der Waals surface area contributed by atoms with Crippen LogP contribution in [0.1, 0.15) is 0 Å². The van der Waals surface area contributed by atoms with Crippen molar-refractivity contribution >= 4 is 10.1 Å². The first-order valence-corrected chi connectivity index (χ1v) is 6.52. The summed E-state index contributed by atoms with van der Waals surface area (Å²) >= 11 is 0. The van der Waals surface area contributed by atoms with Crippen molar-refractivity contribution in [2.24, 2.45) is 0 Å². The molecule has 0 rings (SSSR count). The highest BCUT2D eigenvalue weighted by Gasteiger charge is 1.99. The Morgan fingerprint density at radius 2 is 1.18 bits per heavy atom. The molecule has 0 bridgehead atoms. The topological polar surface area (TPSA) is 134 Å². The molecule has 0 fully saturated rings. The largest absolute Gasteiger partial charge is 0.395 e. The van der Waals surface area contributed by atoms with Crippen molar-refractivity contribution in [3.63, 3.8) is 0 Å². The monoisotopic (exact) mass is 276 g/mol. The Balaban J connectivity index is 0. The summed E-state index contributed by atoms with van der Waals surface area (Å²) in [7, 11) is -3.92. The molecule has 0 aromatic carbocycles. The molecule has 0 radical (unpaired) electrons. The zero-order valence-electron chi connectivity index (χ0n) is 9.49. The van der Waals surface area contributed by atoms with Gasteiger partial charge in [-0.25, -0.2) is 0 Å². The minimum atomic E-state index is -3.92. The van der Waals surface area contributed by atoms with Crippen molar-refractivity contribution in [2.45, 2.75) is 0 Å². The van der Waals surface area contributed by atoms with Gasteiger partial charge in [0, 0.05) is 0 Å². The minimum Gasteiger partial charge on any atom is -0.395 e. The van der Waals surface area contributed by atoms with E-state index < -0.39 is 22.5 Å². The molecular formula is C8H20O8S. The number of rotatable bonds is 9.